The Morgan fingerprint density at radius 1 is 0.955 bits per heavy atom. The number of carbonyl (C=O) groups excluding carboxylic acids is 1. The number of morpholine rings is 1. The number of benzene rings is 3. The quantitative estimate of drug-likeness (QED) is 0.128. The van der Waals surface area contributed by atoms with Crippen LogP contribution in [0.25, 0.3) is 17.2 Å². The average Bonchev–Trinajstić information content (AvgIpc) is 3.29. The van der Waals surface area contributed by atoms with Crippen LogP contribution in [0.3, 0.4) is 0 Å². The first-order chi connectivity index (χ1) is 21.3. The first kappa shape index (κ1) is 32.3. The molecule has 0 radical (unpaired) electrons. The van der Waals surface area contributed by atoms with Gasteiger partial charge in [0, 0.05) is 31.7 Å². The summed E-state index contributed by atoms with van der Waals surface area (Å²) in [6, 6.07) is 17.5. The van der Waals surface area contributed by atoms with Gasteiger partial charge in [-0.2, -0.15) is 0 Å². The van der Waals surface area contributed by atoms with Gasteiger partial charge in [0.15, 0.2) is 0 Å². The molecule has 230 valence electrons. The van der Waals surface area contributed by atoms with Crippen LogP contribution in [0.1, 0.15) is 22.3 Å². The third kappa shape index (κ3) is 8.32. The van der Waals surface area contributed by atoms with Crippen LogP contribution in [0.15, 0.2) is 65.6 Å². The van der Waals surface area contributed by atoms with Crippen molar-refractivity contribution in [3.05, 3.63) is 86.7 Å². The number of thioether (sulfide) groups is 1. The molecular formula is C32H30Cl2N2O6S2. The van der Waals surface area contributed by atoms with E-state index >= 15 is 0 Å². The molecule has 0 atom stereocenters. The molecule has 12 heteroatoms. The fourth-order valence-corrected chi connectivity index (χ4v) is 6.30. The van der Waals surface area contributed by atoms with E-state index in [-0.39, 0.29) is 11.5 Å². The summed E-state index contributed by atoms with van der Waals surface area (Å²) < 4.78 is 17.9. The van der Waals surface area contributed by atoms with Gasteiger partial charge in [0.2, 0.25) is 0 Å². The number of carboxylic acids is 1. The zero-order chi connectivity index (χ0) is 31.1. The summed E-state index contributed by atoms with van der Waals surface area (Å²) in [7, 11) is 0. The maximum atomic E-state index is 13.4. The highest BCUT2D eigenvalue weighted by Gasteiger charge is 2.32. The molecule has 0 aliphatic carbocycles. The van der Waals surface area contributed by atoms with E-state index in [4.69, 9.17) is 54.7 Å². The molecule has 2 fully saturated rings. The van der Waals surface area contributed by atoms with Crippen molar-refractivity contribution in [2.45, 2.75) is 6.42 Å². The minimum atomic E-state index is -0.994. The van der Waals surface area contributed by atoms with Crippen LogP contribution in [-0.4, -0.2) is 83.7 Å². The lowest BCUT2D eigenvalue weighted by Crippen LogP contribution is -2.38. The molecule has 3 aromatic carbocycles. The molecule has 2 aliphatic rings. The molecule has 3 aromatic rings. The SMILES string of the molecule is O=C(O)c1ccc(OCCCN2C(=O)C(=Cc3cc(-c4ccc(Cl)c(Cl)c4)ccc3OCCN3CCOCC3)SC2=S)cc1. The molecule has 44 heavy (non-hydrogen) atoms. The molecule has 5 rings (SSSR count). The summed E-state index contributed by atoms with van der Waals surface area (Å²) in [5.74, 6) is 0.0507. The lowest BCUT2D eigenvalue weighted by atomic mass is 10.0. The van der Waals surface area contributed by atoms with E-state index in [1.807, 2.05) is 36.4 Å². The van der Waals surface area contributed by atoms with E-state index in [1.165, 1.54) is 23.9 Å². The van der Waals surface area contributed by atoms with E-state index in [2.05, 4.69) is 4.90 Å². The van der Waals surface area contributed by atoms with Gasteiger partial charge in [-0.1, -0.05) is 59.3 Å². The Kier molecular flexibility index (Phi) is 11.2. The van der Waals surface area contributed by atoms with E-state index < -0.39 is 5.97 Å². The first-order valence-corrected chi connectivity index (χ1v) is 16.0. The molecule has 1 amide bonds. The van der Waals surface area contributed by atoms with Crippen molar-refractivity contribution < 1.29 is 28.9 Å². The number of ether oxygens (including phenoxy) is 3. The molecule has 0 spiro atoms. The topological polar surface area (TPSA) is 88.5 Å². The first-order valence-electron chi connectivity index (χ1n) is 14.0. The van der Waals surface area contributed by atoms with Gasteiger partial charge in [0.1, 0.15) is 22.4 Å². The Balaban J connectivity index is 1.28. The van der Waals surface area contributed by atoms with Gasteiger partial charge >= 0.3 is 5.97 Å². The lowest BCUT2D eigenvalue weighted by Gasteiger charge is -2.26. The van der Waals surface area contributed by atoms with Crippen molar-refractivity contribution in [1.82, 2.24) is 9.80 Å². The fourth-order valence-electron chi connectivity index (χ4n) is 4.70. The van der Waals surface area contributed by atoms with Gasteiger partial charge in [-0.05, 0) is 72.2 Å². The van der Waals surface area contributed by atoms with Gasteiger partial charge in [0.05, 0.1) is 40.3 Å². The predicted molar refractivity (Wildman–Crippen MR) is 178 cm³/mol. The average molecular weight is 674 g/mol. The van der Waals surface area contributed by atoms with Crippen LogP contribution < -0.4 is 9.47 Å². The zero-order valence-corrected chi connectivity index (χ0v) is 26.8. The largest absolute Gasteiger partial charge is 0.494 e. The number of halogens is 2. The van der Waals surface area contributed by atoms with E-state index in [0.717, 1.165) is 49.5 Å². The molecular weight excluding hydrogens is 643 g/mol. The predicted octanol–water partition coefficient (Wildman–Crippen LogP) is 6.74. The Morgan fingerprint density at radius 3 is 2.41 bits per heavy atom. The number of carbonyl (C=O) groups is 2. The Morgan fingerprint density at radius 2 is 1.68 bits per heavy atom. The van der Waals surface area contributed by atoms with Gasteiger partial charge in [0.25, 0.3) is 5.91 Å². The van der Waals surface area contributed by atoms with E-state index in [1.54, 1.807) is 23.1 Å². The molecule has 0 unspecified atom stereocenters. The van der Waals surface area contributed by atoms with Gasteiger partial charge in [-0.3, -0.25) is 14.6 Å². The van der Waals surface area contributed by atoms with Gasteiger partial charge in [-0.25, -0.2) is 4.79 Å². The third-order valence-corrected chi connectivity index (χ3v) is 9.20. The summed E-state index contributed by atoms with van der Waals surface area (Å²) in [5, 5.41) is 9.98. The number of aromatic carboxylic acids is 1. The molecule has 0 bridgehead atoms. The van der Waals surface area contributed by atoms with Crippen molar-refractivity contribution >= 4 is 69.5 Å². The highest BCUT2D eigenvalue weighted by atomic mass is 35.5. The van der Waals surface area contributed by atoms with Crippen LogP contribution in [0.4, 0.5) is 0 Å². The lowest BCUT2D eigenvalue weighted by molar-refractivity contribution is -0.122. The number of amides is 1. The molecule has 8 nitrogen and oxygen atoms in total. The minimum Gasteiger partial charge on any atom is -0.494 e. The van der Waals surface area contributed by atoms with Crippen LogP contribution in [0, 0.1) is 0 Å². The molecule has 1 N–H and O–H groups in total. The number of thiocarbonyl (C=S) groups is 1. The highest BCUT2D eigenvalue weighted by molar-refractivity contribution is 8.26. The van der Waals surface area contributed by atoms with Crippen molar-refractivity contribution in [3.63, 3.8) is 0 Å². The second-order valence-electron chi connectivity index (χ2n) is 10.0. The minimum absolute atomic E-state index is 0.176. The zero-order valence-electron chi connectivity index (χ0n) is 23.7. The van der Waals surface area contributed by atoms with Crippen LogP contribution in [0.2, 0.25) is 10.0 Å². The fraction of sp³-hybridized carbons (Fsp3) is 0.281. The number of hydrogen-bond acceptors (Lipinski definition) is 8. The van der Waals surface area contributed by atoms with E-state index in [0.29, 0.717) is 56.9 Å². The van der Waals surface area contributed by atoms with Crippen LogP contribution in [0.5, 0.6) is 11.5 Å². The van der Waals surface area contributed by atoms with E-state index in [9.17, 15) is 9.59 Å². The van der Waals surface area contributed by atoms with Crippen molar-refractivity contribution in [1.29, 1.82) is 0 Å². The second kappa shape index (κ2) is 15.2. The smallest absolute Gasteiger partial charge is 0.335 e. The second-order valence-corrected chi connectivity index (χ2v) is 12.5. The number of rotatable bonds is 12. The molecule has 2 heterocycles. The standard InChI is InChI=1S/C32H30Cl2N2O6S2/c33-26-8-4-23(19-27(26)34)22-5-9-28(42-17-13-35-11-15-40-16-12-35)24(18-22)20-29-30(37)36(32(43)44-29)10-1-14-41-25-6-2-21(3-7-25)31(38)39/h2-9,18-20H,1,10-17H2,(H,38,39). The van der Waals surface area contributed by atoms with Crippen LogP contribution >= 0.6 is 47.2 Å². The van der Waals surface area contributed by atoms with Crippen LogP contribution in [-0.2, 0) is 9.53 Å². The summed E-state index contributed by atoms with van der Waals surface area (Å²) in [6.45, 7) is 5.18. The summed E-state index contributed by atoms with van der Waals surface area (Å²) in [4.78, 5) is 28.8. The maximum absolute atomic E-state index is 13.4. The van der Waals surface area contributed by atoms with Crippen molar-refractivity contribution in [3.8, 4) is 22.6 Å². The number of hydrogen-bond donors (Lipinski definition) is 1. The number of nitrogens with zero attached hydrogens (tertiary/aromatic N) is 2. The summed E-state index contributed by atoms with van der Waals surface area (Å²) in [6.07, 6.45) is 2.37. The van der Waals surface area contributed by atoms with Crippen molar-refractivity contribution in [2.24, 2.45) is 0 Å². The maximum Gasteiger partial charge on any atom is 0.335 e. The highest BCUT2D eigenvalue weighted by Crippen LogP contribution is 2.37. The normalized spacial score (nSPS) is 16.5. The Labute approximate surface area is 275 Å². The molecule has 2 saturated heterocycles. The van der Waals surface area contributed by atoms with Crippen molar-refractivity contribution in [2.75, 3.05) is 52.6 Å². The third-order valence-electron chi connectivity index (χ3n) is 7.09. The molecule has 0 saturated carbocycles. The monoisotopic (exact) mass is 672 g/mol. The number of carboxylic acid groups (broad SMARTS) is 1. The Bertz CT molecular complexity index is 1560. The Hall–Kier alpha value is -3.12. The summed E-state index contributed by atoms with van der Waals surface area (Å²) >= 11 is 19.2. The molecule has 0 aromatic heterocycles. The van der Waals surface area contributed by atoms with Gasteiger partial charge in [-0.15, -0.1) is 0 Å². The van der Waals surface area contributed by atoms with Gasteiger partial charge < -0.3 is 19.3 Å². The summed E-state index contributed by atoms with van der Waals surface area (Å²) in [5.41, 5.74) is 2.73. The molecule has 2 aliphatic heterocycles.